The minimum atomic E-state index is -0.444. The van der Waals surface area contributed by atoms with Crippen molar-refractivity contribution in [1.82, 2.24) is 10.2 Å². The third-order valence-electron chi connectivity index (χ3n) is 2.35. The van der Waals surface area contributed by atoms with Gasteiger partial charge >= 0.3 is 5.97 Å². The lowest BCUT2D eigenvalue weighted by atomic mass is 10.1. The summed E-state index contributed by atoms with van der Waals surface area (Å²) in [6, 6.07) is 3.03. The number of benzene rings is 1. The van der Waals surface area contributed by atoms with Gasteiger partial charge in [-0.15, -0.1) is 0 Å². The predicted octanol–water partition coefficient (Wildman–Crippen LogP) is 1.75. The molecule has 84 valence electrons. The number of aromatic hydroxyl groups is 1. The smallest absolute Gasteiger partial charge is 0.338 e. The molecule has 2 N–H and O–H groups in total. The minimum Gasteiger partial charge on any atom is -0.506 e. The summed E-state index contributed by atoms with van der Waals surface area (Å²) in [6.45, 7) is 3.84. The first kappa shape index (κ1) is 10.5. The first-order chi connectivity index (χ1) is 7.63. The van der Waals surface area contributed by atoms with Crippen LogP contribution in [-0.2, 0) is 4.74 Å². The number of aromatic nitrogens is 2. The van der Waals surface area contributed by atoms with Crippen LogP contribution in [0.15, 0.2) is 12.1 Å². The highest BCUT2D eigenvalue weighted by molar-refractivity contribution is 5.97. The van der Waals surface area contributed by atoms with Crippen LogP contribution >= 0.6 is 0 Å². The average molecular weight is 220 g/mol. The Labute approximate surface area is 92.0 Å². The van der Waals surface area contributed by atoms with Gasteiger partial charge in [-0.3, -0.25) is 5.10 Å². The fourth-order valence-corrected chi connectivity index (χ4v) is 1.56. The zero-order valence-electron chi connectivity index (χ0n) is 9.07. The van der Waals surface area contributed by atoms with Crippen LogP contribution in [0, 0.1) is 6.92 Å². The molecule has 0 radical (unpaired) electrons. The number of aromatic amines is 1. The number of hydrogen-bond donors (Lipinski definition) is 2. The summed E-state index contributed by atoms with van der Waals surface area (Å²) in [5, 5.41) is 17.1. The molecule has 0 bridgehead atoms. The Morgan fingerprint density at radius 2 is 2.31 bits per heavy atom. The fraction of sp³-hybridized carbons (Fsp3) is 0.273. The van der Waals surface area contributed by atoms with E-state index < -0.39 is 5.97 Å². The number of nitrogens with one attached hydrogen (secondary N) is 1. The maximum absolute atomic E-state index is 11.5. The summed E-state index contributed by atoms with van der Waals surface area (Å²) in [5.41, 5.74) is 1.60. The van der Waals surface area contributed by atoms with Crippen LogP contribution < -0.4 is 0 Å². The van der Waals surface area contributed by atoms with Gasteiger partial charge in [-0.25, -0.2) is 4.79 Å². The highest BCUT2D eigenvalue weighted by Crippen LogP contribution is 2.26. The predicted molar refractivity (Wildman–Crippen MR) is 58.5 cm³/mol. The third-order valence-corrected chi connectivity index (χ3v) is 2.35. The van der Waals surface area contributed by atoms with Crippen LogP contribution in [0.4, 0.5) is 0 Å². The Morgan fingerprint density at radius 3 is 3.00 bits per heavy atom. The van der Waals surface area contributed by atoms with Crippen molar-refractivity contribution in [3.8, 4) is 5.75 Å². The van der Waals surface area contributed by atoms with Gasteiger partial charge in [0.15, 0.2) is 0 Å². The molecule has 5 nitrogen and oxygen atoms in total. The molecule has 0 amide bonds. The lowest BCUT2D eigenvalue weighted by molar-refractivity contribution is 0.0526. The van der Waals surface area contributed by atoms with Crippen LogP contribution in [0.25, 0.3) is 10.9 Å². The van der Waals surface area contributed by atoms with E-state index >= 15 is 0 Å². The third kappa shape index (κ3) is 1.60. The summed E-state index contributed by atoms with van der Waals surface area (Å²) in [4.78, 5) is 11.5. The van der Waals surface area contributed by atoms with Crippen molar-refractivity contribution < 1.29 is 14.6 Å². The van der Waals surface area contributed by atoms with Crippen molar-refractivity contribution in [2.45, 2.75) is 13.8 Å². The number of H-pyrrole nitrogens is 1. The molecular formula is C11H12N2O3. The second-order valence-corrected chi connectivity index (χ2v) is 3.45. The Morgan fingerprint density at radius 1 is 1.56 bits per heavy atom. The van der Waals surface area contributed by atoms with Crippen molar-refractivity contribution in [1.29, 1.82) is 0 Å². The van der Waals surface area contributed by atoms with E-state index in [1.165, 1.54) is 6.07 Å². The number of hydrogen-bond acceptors (Lipinski definition) is 4. The van der Waals surface area contributed by atoms with E-state index in [1.807, 2.05) is 0 Å². The van der Waals surface area contributed by atoms with E-state index in [2.05, 4.69) is 10.2 Å². The molecule has 5 heteroatoms. The molecule has 2 rings (SSSR count). The molecule has 0 aliphatic heterocycles. The molecule has 0 aliphatic carbocycles. The van der Waals surface area contributed by atoms with E-state index in [1.54, 1.807) is 19.9 Å². The van der Waals surface area contributed by atoms with Crippen molar-refractivity contribution in [2.75, 3.05) is 6.61 Å². The number of fused-ring (bicyclic) bond motifs is 1. The number of rotatable bonds is 2. The van der Waals surface area contributed by atoms with E-state index in [4.69, 9.17) is 4.74 Å². The minimum absolute atomic E-state index is 0.00107. The van der Waals surface area contributed by atoms with Crippen LogP contribution in [0.2, 0.25) is 0 Å². The summed E-state index contributed by atoms with van der Waals surface area (Å²) in [7, 11) is 0. The Bertz CT molecular complexity index is 545. The zero-order valence-corrected chi connectivity index (χ0v) is 9.07. The molecule has 1 aromatic heterocycles. The van der Waals surface area contributed by atoms with Crippen molar-refractivity contribution >= 4 is 16.9 Å². The van der Waals surface area contributed by atoms with Gasteiger partial charge in [0.05, 0.1) is 17.9 Å². The van der Waals surface area contributed by atoms with Gasteiger partial charge in [0.25, 0.3) is 0 Å². The highest BCUT2D eigenvalue weighted by atomic mass is 16.5. The quantitative estimate of drug-likeness (QED) is 0.756. The second-order valence-electron chi connectivity index (χ2n) is 3.45. The van der Waals surface area contributed by atoms with Crippen LogP contribution in [0.1, 0.15) is 23.0 Å². The van der Waals surface area contributed by atoms with Gasteiger partial charge in [0, 0.05) is 5.39 Å². The summed E-state index contributed by atoms with van der Waals surface area (Å²) < 4.78 is 4.87. The fourth-order valence-electron chi connectivity index (χ4n) is 1.56. The Hall–Kier alpha value is -2.04. The number of carbonyl (C=O) groups excluding carboxylic acids is 1. The van der Waals surface area contributed by atoms with E-state index in [0.29, 0.717) is 17.7 Å². The molecular weight excluding hydrogens is 208 g/mol. The number of phenolic OH excluding ortho intramolecular Hbond substituents is 1. The van der Waals surface area contributed by atoms with Gasteiger partial charge in [0.2, 0.25) is 0 Å². The lowest BCUT2D eigenvalue weighted by Crippen LogP contribution is -2.04. The van der Waals surface area contributed by atoms with Crippen LogP contribution in [0.3, 0.4) is 0 Å². The number of carbonyl (C=O) groups is 1. The molecule has 16 heavy (non-hydrogen) atoms. The number of nitrogens with zero attached hydrogens (tertiary/aromatic N) is 1. The average Bonchev–Trinajstić information content (AvgIpc) is 2.61. The first-order valence-electron chi connectivity index (χ1n) is 4.98. The molecule has 1 aromatic carbocycles. The van der Waals surface area contributed by atoms with E-state index in [-0.39, 0.29) is 5.75 Å². The maximum atomic E-state index is 11.5. The van der Waals surface area contributed by atoms with Gasteiger partial charge < -0.3 is 9.84 Å². The highest BCUT2D eigenvalue weighted by Gasteiger charge is 2.13. The summed E-state index contributed by atoms with van der Waals surface area (Å²) >= 11 is 0. The van der Waals surface area contributed by atoms with Crippen LogP contribution in [-0.4, -0.2) is 27.9 Å². The topological polar surface area (TPSA) is 75.2 Å². The SMILES string of the molecule is CCOC(=O)c1cc(O)c2[nH]nc(C)c2c1. The van der Waals surface area contributed by atoms with E-state index in [9.17, 15) is 9.90 Å². The number of aryl methyl sites for hydroxylation is 1. The first-order valence-corrected chi connectivity index (χ1v) is 4.98. The lowest BCUT2D eigenvalue weighted by Gasteiger charge is -2.03. The number of ether oxygens (including phenoxy) is 1. The largest absolute Gasteiger partial charge is 0.506 e. The monoisotopic (exact) mass is 220 g/mol. The van der Waals surface area contributed by atoms with Gasteiger partial charge in [-0.2, -0.15) is 5.10 Å². The molecule has 2 aromatic rings. The van der Waals surface area contributed by atoms with Gasteiger partial charge in [-0.05, 0) is 26.0 Å². The zero-order chi connectivity index (χ0) is 11.7. The molecule has 0 aliphatic rings. The van der Waals surface area contributed by atoms with Crippen molar-refractivity contribution in [3.63, 3.8) is 0 Å². The van der Waals surface area contributed by atoms with E-state index in [0.717, 1.165) is 11.1 Å². The molecule has 0 saturated carbocycles. The summed E-state index contributed by atoms with van der Waals surface area (Å²) in [6.07, 6.45) is 0. The standard InChI is InChI=1S/C11H12N2O3/c1-3-16-11(15)7-4-8-6(2)12-13-10(8)9(14)5-7/h4-5,14H,3H2,1-2H3,(H,12,13). The molecule has 0 unspecified atom stereocenters. The van der Waals surface area contributed by atoms with Crippen molar-refractivity contribution in [2.24, 2.45) is 0 Å². The summed E-state index contributed by atoms with van der Waals surface area (Å²) in [5.74, 6) is -0.443. The van der Waals surface area contributed by atoms with Gasteiger partial charge in [-0.1, -0.05) is 0 Å². The molecule has 0 saturated heterocycles. The molecule has 0 fully saturated rings. The van der Waals surface area contributed by atoms with Gasteiger partial charge in [0.1, 0.15) is 11.3 Å². The van der Waals surface area contributed by atoms with Crippen LogP contribution in [0.5, 0.6) is 5.75 Å². The molecule has 1 heterocycles. The van der Waals surface area contributed by atoms with Crippen molar-refractivity contribution in [3.05, 3.63) is 23.4 Å². The molecule has 0 spiro atoms. The number of esters is 1. The second kappa shape index (κ2) is 3.84. The Balaban J connectivity index is 2.56. The maximum Gasteiger partial charge on any atom is 0.338 e. The number of phenols is 1. The normalized spacial score (nSPS) is 10.6. The Kier molecular flexibility index (Phi) is 2.52. The molecule has 0 atom stereocenters.